The van der Waals surface area contributed by atoms with E-state index in [0.717, 1.165) is 15.7 Å². The largest absolute Gasteiger partial charge is 0.389 e. The summed E-state index contributed by atoms with van der Waals surface area (Å²) in [6.07, 6.45) is 0. The summed E-state index contributed by atoms with van der Waals surface area (Å²) >= 11 is 26.4. The standard InChI is InChI=1S/C13H8BrCl3N2S/c14-7-3-6(13(18)20)1-2-11(7)19-12-5-9(16)8(15)4-10(12)17/h1-5,19H,(H2,18,20). The van der Waals surface area contributed by atoms with Crippen molar-refractivity contribution in [1.29, 1.82) is 0 Å². The average Bonchev–Trinajstić information content (AvgIpc) is 2.37. The van der Waals surface area contributed by atoms with Crippen LogP contribution in [0.4, 0.5) is 11.4 Å². The quantitative estimate of drug-likeness (QED) is 0.497. The summed E-state index contributed by atoms with van der Waals surface area (Å²) in [5, 5.41) is 4.48. The van der Waals surface area contributed by atoms with Crippen molar-refractivity contribution in [2.45, 2.75) is 0 Å². The lowest BCUT2D eigenvalue weighted by atomic mass is 10.2. The number of thiocarbonyl (C=S) groups is 1. The van der Waals surface area contributed by atoms with Gasteiger partial charge in [0.15, 0.2) is 0 Å². The fourth-order valence-corrected chi connectivity index (χ4v) is 2.73. The summed E-state index contributed by atoms with van der Waals surface area (Å²) in [5.41, 5.74) is 7.83. The van der Waals surface area contributed by atoms with E-state index >= 15 is 0 Å². The maximum absolute atomic E-state index is 6.12. The molecule has 0 atom stereocenters. The molecule has 0 amide bonds. The summed E-state index contributed by atoms with van der Waals surface area (Å²) in [4.78, 5) is 0.338. The van der Waals surface area contributed by atoms with Gasteiger partial charge in [-0.15, -0.1) is 0 Å². The number of nitrogens with two attached hydrogens (primary N) is 1. The van der Waals surface area contributed by atoms with Gasteiger partial charge in [0.1, 0.15) is 4.99 Å². The molecule has 0 aromatic heterocycles. The number of halogens is 4. The minimum Gasteiger partial charge on any atom is -0.389 e. The van der Waals surface area contributed by atoms with E-state index in [4.69, 9.17) is 52.8 Å². The molecule has 2 rings (SSSR count). The summed E-state index contributed by atoms with van der Waals surface area (Å²) in [7, 11) is 0. The second-order valence-corrected chi connectivity index (χ2v) is 6.45. The van der Waals surface area contributed by atoms with Crippen molar-refractivity contribution in [1.82, 2.24) is 0 Å². The molecule has 2 aromatic rings. The highest BCUT2D eigenvalue weighted by molar-refractivity contribution is 9.10. The Labute approximate surface area is 145 Å². The van der Waals surface area contributed by atoms with Gasteiger partial charge in [-0.05, 0) is 46.3 Å². The Hall–Kier alpha value is -0.520. The molecule has 104 valence electrons. The Morgan fingerprint density at radius 3 is 2.25 bits per heavy atom. The van der Waals surface area contributed by atoms with Crippen molar-refractivity contribution in [3.05, 3.63) is 55.4 Å². The highest BCUT2D eigenvalue weighted by atomic mass is 79.9. The monoisotopic (exact) mass is 408 g/mol. The van der Waals surface area contributed by atoms with Crippen LogP contribution in [0.3, 0.4) is 0 Å². The fraction of sp³-hybridized carbons (Fsp3) is 0. The van der Waals surface area contributed by atoms with E-state index < -0.39 is 0 Å². The van der Waals surface area contributed by atoms with Gasteiger partial charge in [0.05, 0.1) is 26.4 Å². The Kier molecular flexibility index (Phi) is 5.15. The smallest absolute Gasteiger partial charge is 0.104 e. The van der Waals surface area contributed by atoms with Crippen LogP contribution < -0.4 is 11.1 Å². The molecule has 20 heavy (non-hydrogen) atoms. The first-order valence-corrected chi connectivity index (χ1v) is 7.73. The third-order valence-corrected chi connectivity index (χ3v) is 4.46. The molecular weight excluding hydrogens is 402 g/mol. The van der Waals surface area contributed by atoms with Crippen LogP contribution in [0.15, 0.2) is 34.8 Å². The second kappa shape index (κ2) is 6.50. The van der Waals surface area contributed by atoms with Gasteiger partial charge in [-0.3, -0.25) is 0 Å². The van der Waals surface area contributed by atoms with Crippen LogP contribution in [0.25, 0.3) is 0 Å². The van der Waals surface area contributed by atoms with Crippen LogP contribution >= 0.6 is 63.0 Å². The molecule has 0 aliphatic rings. The number of hydrogen-bond donors (Lipinski definition) is 2. The summed E-state index contributed by atoms with van der Waals surface area (Å²) in [5.74, 6) is 0. The first kappa shape index (κ1) is 15.9. The van der Waals surface area contributed by atoms with Crippen molar-refractivity contribution in [3.8, 4) is 0 Å². The second-order valence-electron chi connectivity index (χ2n) is 3.93. The number of nitrogens with one attached hydrogen (secondary N) is 1. The van der Waals surface area contributed by atoms with Crippen molar-refractivity contribution in [3.63, 3.8) is 0 Å². The summed E-state index contributed by atoms with van der Waals surface area (Å²) < 4.78 is 0.810. The Morgan fingerprint density at radius 1 is 1.00 bits per heavy atom. The molecule has 0 unspecified atom stereocenters. The predicted octanol–water partition coefficient (Wildman–Crippen LogP) is 5.79. The molecule has 0 aliphatic carbocycles. The maximum Gasteiger partial charge on any atom is 0.104 e. The SMILES string of the molecule is NC(=S)c1ccc(Nc2cc(Cl)c(Cl)cc2Cl)c(Br)c1. The predicted molar refractivity (Wildman–Crippen MR) is 94.8 cm³/mol. The lowest BCUT2D eigenvalue weighted by Crippen LogP contribution is -2.09. The number of anilines is 2. The highest BCUT2D eigenvalue weighted by Gasteiger charge is 2.09. The zero-order valence-corrected chi connectivity index (χ0v) is 14.6. The van der Waals surface area contributed by atoms with Gasteiger partial charge in [0.2, 0.25) is 0 Å². The van der Waals surface area contributed by atoms with Gasteiger partial charge in [0.25, 0.3) is 0 Å². The molecule has 0 saturated heterocycles. The molecule has 3 N–H and O–H groups in total. The van der Waals surface area contributed by atoms with Crippen molar-refractivity contribution in [2.75, 3.05) is 5.32 Å². The zero-order chi connectivity index (χ0) is 14.9. The molecule has 0 fully saturated rings. The lowest BCUT2D eigenvalue weighted by Gasteiger charge is -2.12. The first-order valence-electron chi connectivity index (χ1n) is 5.39. The van der Waals surface area contributed by atoms with Crippen LogP contribution in [0, 0.1) is 0 Å². The summed E-state index contributed by atoms with van der Waals surface area (Å²) in [6, 6.07) is 8.75. The lowest BCUT2D eigenvalue weighted by molar-refractivity contribution is 1.51. The highest BCUT2D eigenvalue weighted by Crippen LogP contribution is 2.35. The average molecular weight is 411 g/mol. The Morgan fingerprint density at radius 2 is 1.65 bits per heavy atom. The van der Waals surface area contributed by atoms with E-state index in [-0.39, 0.29) is 0 Å². The van der Waals surface area contributed by atoms with Crippen LogP contribution in [0.2, 0.25) is 15.1 Å². The Balaban J connectivity index is 2.35. The minimum atomic E-state index is 0.338. The van der Waals surface area contributed by atoms with E-state index in [9.17, 15) is 0 Å². The van der Waals surface area contributed by atoms with Crippen molar-refractivity contribution < 1.29 is 0 Å². The summed E-state index contributed by atoms with van der Waals surface area (Å²) in [6.45, 7) is 0. The van der Waals surface area contributed by atoms with Crippen LogP contribution in [0.5, 0.6) is 0 Å². The normalized spacial score (nSPS) is 10.4. The molecular formula is C13H8BrCl3N2S. The van der Waals surface area contributed by atoms with Gasteiger partial charge >= 0.3 is 0 Å². The van der Waals surface area contributed by atoms with Gasteiger partial charge in [-0.1, -0.05) is 47.0 Å². The number of hydrogen-bond acceptors (Lipinski definition) is 2. The first-order chi connectivity index (χ1) is 9.38. The minimum absolute atomic E-state index is 0.338. The number of rotatable bonds is 3. The zero-order valence-electron chi connectivity index (χ0n) is 9.88. The topological polar surface area (TPSA) is 38.0 Å². The molecule has 2 aromatic carbocycles. The van der Waals surface area contributed by atoms with E-state index in [1.54, 1.807) is 12.1 Å². The third-order valence-electron chi connectivity index (χ3n) is 2.53. The molecule has 0 heterocycles. The van der Waals surface area contributed by atoms with Crippen molar-refractivity contribution in [2.24, 2.45) is 5.73 Å². The molecule has 7 heteroatoms. The van der Waals surface area contributed by atoms with Crippen molar-refractivity contribution >= 4 is 79.3 Å². The third kappa shape index (κ3) is 3.57. The van der Waals surface area contributed by atoms with E-state index in [2.05, 4.69) is 21.2 Å². The molecule has 0 bridgehead atoms. The number of benzene rings is 2. The van der Waals surface area contributed by atoms with E-state index in [0.29, 0.717) is 25.7 Å². The van der Waals surface area contributed by atoms with Gasteiger partial charge in [-0.2, -0.15) is 0 Å². The fourth-order valence-electron chi connectivity index (χ4n) is 1.53. The molecule has 0 spiro atoms. The molecule has 0 aliphatic heterocycles. The molecule has 2 nitrogen and oxygen atoms in total. The van der Waals surface area contributed by atoms with Gasteiger partial charge in [0, 0.05) is 10.0 Å². The van der Waals surface area contributed by atoms with Crippen LogP contribution in [-0.2, 0) is 0 Å². The van der Waals surface area contributed by atoms with Gasteiger partial charge in [-0.25, -0.2) is 0 Å². The van der Waals surface area contributed by atoms with Crippen LogP contribution in [-0.4, -0.2) is 4.99 Å². The van der Waals surface area contributed by atoms with Crippen LogP contribution in [0.1, 0.15) is 5.56 Å². The van der Waals surface area contributed by atoms with Gasteiger partial charge < -0.3 is 11.1 Å². The van der Waals surface area contributed by atoms with E-state index in [1.165, 1.54) is 0 Å². The maximum atomic E-state index is 6.12. The molecule has 0 saturated carbocycles. The van der Waals surface area contributed by atoms with E-state index in [1.807, 2.05) is 18.2 Å². The molecule has 0 radical (unpaired) electrons. The Bertz CT molecular complexity index is 692.